The van der Waals surface area contributed by atoms with Gasteiger partial charge in [-0.3, -0.25) is 29.0 Å². The van der Waals surface area contributed by atoms with Crippen LogP contribution in [-0.2, 0) is 25.8 Å². The van der Waals surface area contributed by atoms with Crippen molar-refractivity contribution >= 4 is 58.5 Å². The molecule has 0 aromatic heterocycles. The lowest BCUT2D eigenvalue weighted by atomic mass is 9.56. The molecule has 3 aromatic rings. The zero-order chi connectivity index (χ0) is 33.4. The van der Waals surface area contributed by atoms with Gasteiger partial charge >= 0.3 is 5.97 Å². The summed E-state index contributed by atoms with van der Waals surface area (Å²) in [5, 5.41) is 20.9. The third-order valence-electron chi connectivity index (χ3n) is 9.93. The summed E-state index contributed by atoms with van der Waals surface area (Å²) in [4.78, 5) is 64.8. The predicted molar refractivity (Wildman–Crippen MR) is 170 cm³/mol. The van der Waals surface area contributed by atoms with Gasteiger partial charge in [0.15, 0.2) is 9.75 Å². The number of phenolic OH excluding ortho intramolecular Hbond substituents is 1. The Bertz CT molecular complexity index is 1910. The van der Waals surface area contributed by atoms with E-state index in [-0.39, 0.29) is 42.0 Å². The first-order chi connectivity index (χ1) is 22.4. The number of hydrogen-bond donors (Lipinski definition) is 2. The van der Waals surface area contributed by atoms with E-state index in [1.165, 1.54) is 37.4 Å². The van der Waals surface area contributed by atoms with Crippen molar-refractivity contribution in [3.63, 3.8) is 0 Å². The van der Waals surface area contributed by atoms with Gasteiger partial charge in [-0.1, -0.05) is 54.1 Å². The van der Waals surface area contributed by atoms with Crippen LogP contribution in [0.5, 0.6) is 11.5 Å². The van der Waals surface area contributed by atoms with Crippen molar-refractivity contribution in [3.8, 4) is 11.5 Å². The molecule has 2 heterocycles. The van der Waals surface area contributed by atoms with E-state index in [1.807, 2.05) is 30.3 Å². The molecule has 2 aliphatic heterocycles. The number of aromatic carboxylic acids is 1. The highest BCUT2D eigenvalue weighted by Crippen LogP contribution is 2.66. The van der Waals surface area contributed by atoms with E-state index in [4.69, 9.17) is 27.9 Å². The summed E-state index contributed by atoms with van der Waals surface area (Å²) < 4.78 is 5.88. The highest BCUT2D eigenvalue weighted by Gasteiger charge is 2.76. The maximum atomic E-state index is 14.1. The number of carboxylic acids is 1. The van der Waals surface area contributed by atoms with Gasteiger partial charge in [0, 0.05) is 24.6 Å². The molecule has 4 amide bonds. The van der Waals surface area contributed by atoms with Crippen molar-refractivity contribution in [2.75, 3.05) is 11.9 Å². The molecular weight excluding hydrogens is 647 g/mol. The lowest BCUT2D eigenvalue weighted by Gasteiger charge is -2.50. The van der Waals surface area contributed by atoms with E-state index < -0.39 is 63.0 Å². The minimum atomic E-state index is -2.05. The Morgan fingerprint density at radius 2 is 1.68 bits per heavy atom. The number of aromatic hydroxyl groups is 1. The molecular formula is C35H28Cl2N2O8. The van der Waals surface area contributed by atoms with E-state index in [2.05, 4.69) is 0 Å². The highest BCUT2D eigenvalue weighted by molar-refractivity contribution is 6.53. The number of phenols is 1. The molecule has 2 N–H and O–H groups in total. The summed E-state index contributed by atoms with van der Waals surface area (Å²) >= 11 is 14.4. The number of carboxylic acid groups (broad SMARTS) is 1. The number of benzene rings is 3. The van der Waals surface area contributed by atoms with Gasteiger partial charge in [-0.25, -0.2) is 4.79 Å². The van der Waals surface area contributed by atoms with Crippen LogP contribution in [0.15, 0.2) is 84.4 Å². The number of likely N-dealkylation sites (tertiary alicyclic amines) is 1. The molecule has 3 aromatic carbocycles. The first kappa shape index (κ1) is 31.0. The fraction of sp³-hybridized carbons (Fsp3) is 0.286. The fourth-order valence-electron chi connectivity index (χ4n) is 7.72. The molecule has 12 heteroatoms. The average Bonchev–Trinajstić information content (AvgIpc) is 3.39. The van der Waals surface area contributed by atoms with Gasteiger partial charge in [0.05, 0.1) is 23.1 Å². The third kappa shape index (κ3) is 4.42. The van der Waals surface area contributed by atoms with Crippen LogP contribution in [0, 0.1) is 17.8 Å². The average molecular weight is 676 g/mol. The molecule has 0 spiro atoms. The number of fused-ring (bicyclic) bond motifs is 4. The molecule has 6 atom stereocenters. The van der Waals surface area contributed by atoms with Crippen LogP contribution < -0.4 is 9.64 Å². The summed E-state index contributed by atoms with van der Waals surface area (Å²) in [6.07, 6.45) is 1.66. The second kappa shape index (κ2) is 11.0. The first-order valence-electron chi connectivity index (χ1n) is 15.0. The summed E-state index contributed by atoms with van der Waals surface area (Å²) in [6, 6.07) is 19.6. The number of hydrogen-bond acceptors (Lipinski definition) is 7. The monoisotopic (exact) mass is 674 g/mol. The number of carbonyl (C=O) groups excluding carboxylic acids is 4. The van der Waals surface area contributed by atoms with E-state index in [0.717, 1.165) is 15.4 Å². The molecule has 7 rings (SSSR count). The largest absolute Gasteiger partial charge is 0.508 e. The Balaban J connectivity index is 1.30. The van der Waals surface area contributed by atoms with Crippen molar-refractivity contribution in [1.29, 1.82) is 0 Å². The van der Waals surface area contributed by atoms with Gasteiger partial charge in [0.1, 0.15) is 18.1 Å². The van der Waals surface area contributed by atoms with Crippen LogP contribution in [0.3, 0.4) is 0 Å². The molecule has 2 aliphatic carbocycles. The lowest BCUT2D eigenvalue weighted by molar-refractivity contribution is -0.138. The maximum Gasteiger partial charge on any atom is 0.335 e. The molecule has 0 unspecified atom stereocenters. The van der Waals surface area contributed by atoms with Crippen molar-refractivity contribution < 1.29 is 38.9 Å². The van der Waals surface area contributed by atoms with E-state index in [0.29, 0.717) is 11.3 Å². The number of carbonyl (C=O) groups is 5. The third-order valence-corrected chi connectivity index (χ3v) is 11.3. The highest BCUT2D eigenvalue weighted by atomic mass is 35.5. The number of allylic oxidation sites excluding steroid dienone is 2. The molecule has 0 bridgehead atoms. The summed E-state index contributed by atoms with van der Waals surface area (Å²) in [5.41, 5.74) is 1.67. The van der Waals surface area contributed by atoms with Gasteiger partial charge in [-0.15, -0.1) is 23.2 Å². The van der Waals surface area contributed by atoms with E-state index >= 15 is 0 Å². The maximum absolute atomic E-state index is 14.1. The minimum Gasteiger partial charge on any atom is -0.508 e. The number of nitrogens with zero attached hydrogens (tertiary/aromatic N) is 2. The summed E-state index contributed by atoms with van der Waals surface area (Å²) in [5.74, 6) is -7.41. The quantitative estimate of drug-likeness (QED) is 0.215. The molecule has 1 saturated carbocycles. The Hall–Kier alpha value is -4.67. The lowest BCUT2D eigenvalue weighted by Crippen LogP contribution is -2.60. The van der Waals surface area contributed by atoms with Gasteiger partial charge < -0.3 is 14.9 Å². The standard InChI is InChI=1S/C35H28Cl2N2O8/c1-38-32(45)34(36)16-25-22(12-13-24-27(25)30(42)39(29(24)41)20-9-5-8-19(14-20)31(43)44)28(35(34,37)33(38)46)23-11-10-21(15-26(23)40)47-17-18-6-3-2-4-7-18/h2-12,14-15,24-25,27-28,40H,13,16-17H2,1H3,(H,43,44)/t24-,25+,27-,28+,34+,35-/m0/s1. The van der Waals surface area contributed by atoms with Crippen LogP contribution in [0.1, 0.15) is 40.2 Å². The Kier molecular flexibility index (Phi) is 7.22. The molecule has 3 fully saturated rings. The number of imide groups is 2. The van der Waals surface area contributed by atoms with Crippen LogP contribution in [0.2, 0.25) is 0 Å². The van der Waals surface area contributed by atoms with Gasteiger partial charge in [-0.05, 0) is 48.6 Å². The van der Waals surface area contributed by atoms with Crippen molar-refractivity contribution in [2.24, 2.45) is 17.8 Å². The van der Waals surface area contributed by atoms with Crippen LogP contribution in [0.4, 0.5) is 5.69 Å². The fourth-order valence-corrected chi connectivity index (χ4v) is 8.73. The second-order valence-electron chi connectivity index (χ2n) is 12.4. The van der Waals surface area contributed by atoms with E-state index in [9.17, 15) is 34.2 Å². The van der Waals surface area contributed by atoms with Gasteiger partial charge in [0.2, 0.25) is 11.8 Å². The number of anilines is 1. The number of ether oxygens (including phenoxy) is 1. The Morgan fingerprint density at radius 1 is 0.936 bits per heavy atom. The van der Waals surface area contributed by atoms with Crippen LogP contribution in [0.25, 0.3) is 0 Å². The smallest absolute Gasteiger partial charge is 0.335 e. The van der Waals surface area contributed by atoms with Crippen molar-refractivity contribution in [2.45, 2.75) is 35.1 Å². The predicted octanol–water partition coefficient (Wildman–Crippen LogP) is 4.86. The zero-order valence-electron chi connectivity index (χ0n) is 24.9. The number of alkyl halides is 2. The zero-order valence-corrected chi connectivity index (χ0v) is 26.4. The minimum absolute atomic E-state index is 0.0917. The Morgan fingerprint density at radius 3 is 2.38 bits per heavy atom. The molecule has 240 valence electrons. The van der Waals surface area contributed by atoms with Crippen LogP contribution in [-0.4, -0.2) is 61.5 Å². The summed E-state index contributed by atoms with van der Waals surface area (Å²) in [6.45, 7) is 0.239. The van der Waals surface area contributed by atoms with Gasteiger partial charge in [0.25, 0.3) is 11.8 Å². The SMILES string of the molecule is CN1C(=O)[C@]2(Cl)C[C@@H]3C(=CC[C@@H]4C(=O)N(c5cccc(C(=O)O)c5)C(=O)[C@@H]43)[C@H](c3ccc(OCc4ccccc4)cc3O)[C@]2(Cl)C1=O. The molecule has 0 radical (unpaired) electrons. The van der Waals surface area contributed by atoms with Crippen LogP contribution >= 0.6 is 23.2 Å². The van der Waals surface area contributed by atoms with E-state index in [1.54, 1.807) is 18.2 Å². The van der Waals surface area contributed by atoms with Crippen molar-refractivity contribution in [1.82, 2.24) is 4.90 Å². The molecule has 47 heavy (non-hydrogen) atoms. The summed E-state index contributed by atoms with van der Waals surface area (Å²) in [7, 11) is 1.29. The first-order valence-corrected chi connectivity index (χ1v) is 15.7. The normalized spacial score (nSPS) is 29.7. The van der Waals surface area contributed by atoms with Crippen molar-refractivity contribution in [3.05, 3.63) is 101 Å². The topological polar surface area (TPSA) is 142 Å². The number of amides is 4. The Labute approximate surface area is 279 Å². The molecule has 10 nitrogen and oxygen atoms in total. The molecule has 2 saturated heterocycles. The second-order valence-corrected chi connectivity index (χ2v) is 13.6. The number of halogens is 2. The molecule has 4 aliphatic rings. The van der Waals surface area contributed by atoms with Gasteiger partial charge in [-0.2, -0.15) is 0 Å². The number of rotatable bonds is 6.